The van der Waals surface area contributed by atoms with Crippen LogP contribution in [-0.4, -0.2) is 62.4 Å². The van der Waals surface area contributed by atoms with Crippen molar-refractivity contribution in [2.75, 3.05) is 24.6 Å². The number of imide groups is 1. The molecule has 0 N–H and O–H groups in total. The zero-order chi connectivity index (χ0) is 18.3. The van der Waals surface area contributed by atoms with E-state index in [9.17, 15) is 18.6 Å². The quantitative estimate of drug-likeness (QED) is 0.741. The van der Waals surface area contributed by atoms with E-state index in [2.05, 4.69) is 0 Å². The average Bonchev–Trinajstić information content (AvgIpc) is 2.69. The second-order valence-corrected chi connectivity index (χ2v) is 8.53. The lowest BCUT2D eigenvalue weighted by Gasteiger charge is -2.29. The Hall–Kier alpha value is -2.02. The first-order valence-electron chi connectivity index (χ1n) is 8.42. The second kappa shape index (κ2) is 6.71. The SMILES string of the molecule is Cc1ccc2c(c1)C(=O)N(C(C)C(=O)N1CCS(=O)CC(C)C1)C2=O. The van der Waals surface area contributed by atoms with E-state index in [1.807, 2.05) is 13.8 Å². The van der Waals surface area contributed by atoms with Crippen LogP contribution in [0, 0.1) is 12.8 Å². The fraction of sp³-hybridized carbons (Fsp3) is 0.500. The van der Waals surface area contributed by atoms with Gasteiger partial charge in [0.05, 0.1) is 11.1 Å². The fourth-order valence-corrected chi connectivity index (χ4v) is 4.76. The molecule has 7 heteroatoms. The molecule has 1 aromatic carbocycles. The first-order chi connectivity index (χ1) is 11.8. The van der Waals surface area contributed by atoms with Crippen LogP contribution in [0.4, 0.5) is 0 Å². The van der Waals surface area contributed by atoms with E-state index in [1.54, 1.807) is 30.0 Å². The monoisotopic (exact) mass is 362 g/mol. The third-order valence-electron chi connectivity index (χ3n) is 4.72. The number of carbonyl (C=O) groups excluding carboxylic acids is 3. The summed E-state index contributed by atoms with van der Waals surface area (Å²) in [5.41, 5.74) is 1.60. The number of amides is 3. The van der Waals surface area contributed by atoms with Crippen LogP contribution < -0.4 is 0 Å². The molecular weight excluding hydrogens is 340 g/mol. The Bertz CT molecular complexity index is 776. The Morgan fingerprint density at radius 1 is 1.24 bits per heavy atom. The lowest BCUT2D eigenvalue weighted by Crippen LogP contribution is -2.50. The number of rotatable bonds is 2. The van der Waals surface area contributed by atoms with Crippen LogP contribution in [0.15, 0.2) is 18.2 Å². The largest absolute Gasteiger partial charge is 0.340 e. The number of nitrogens with zero attached hydrogens (tertiary/aromatic N) is 2. The molecule has 1 aromatic rings. The van der Waals surface area contributed by atoms with E-state index in [0.29, 0.717) is 35.7 Å². The topological polar surface area (TPSA) is 74.8 Å². The molecular formula is C18H22N2O4S. The molecule has 25 heavy (non-hydrogen) atoms. The van der Waals surface area contributed by atoms with Crippen molar-refractivity contribution in [1.82, 2.24) is 9.80 Å². The van der Waals surface area contributed by atoms with Gasteiger partial charge in [0, 0.05) is 35.4 Å². The standard InChI is InChI=1S/C18H22N2O4S/c1-11-4-5-14-15(8-11)18(23)20(17(14)22)13(3)16(21)19-6-7-25(24)10-12(2)9-19/h4-5,8,12-13H,6-7,9-10H2,1-3H3. The van der Waals surface area contributed by atoms with E-state index in [0.717, 1.165) is 10.5 Å². The minimum Gasteiger partial charge on any atom is -0.340 e. The third kappa shape index (κ3) is 3.25. The van der Waals surface area contributed by atoms with E-state index in [4.69, 9.17) is 0 Å². The molecule has 2 aliphatic heterocycles. The summed E-state index contributed by atoms with van der Waals surface area (Å²) in [6.07, 6.45) is 0. The molecule has 0 saturated carbocycles. The summed E-state index contributed by atoms with van der Waals surface area (Å²) in [7, 11) is -0.931. The third-order valence-corrected chi connectivity index (χ3v) is 6.30. The van der Waals surface area contributed by atoms with Crippen molar-refractivity contribution in [3.05, 3.63) is 34.9 Å². The van der Waals surface area contributed by atoms with Crippen LogP contribution in [0.1, 0.15) is 40.1 Å². The zero-order valence-electron chi connectivity index (χ0n) is 14.7. The van der Waals surface area contributed by atoms with Gasteiger partial charge >= 0.3 is 0 Å². The Labute approximate surface area is 149 Å². The smallest absolute Gasteiger partial charge is 0.262 e. The predicted molar refractivity (Wildman–Crippen MR) is 94.8 cm³/mol. The van der Waals surface area contributed by atoms with Crippen molar-refractivity contribution in [1.29, 1.82) is 0 Å². The molecule has 1 saturated heterocycles. The highest BCUT2D eigenvalue weighted by atomic mass is 32.2. The maximum absolute atomic E-state index is 12.9. The molecule has 3 unspecified atom stereocenters. The number of hydrogen-bond donors (Lipinski definition) is 0. The van der Waals surface area contributed by atoms with Gasteiger partial charge in [-0.3, -0.25) is 23.5 Å². The maximum Gasteiger partial charge on any atom is 0.262 e. The van der Waals surface area contributed by atoms with Gasteiger partial charge in [-0.05, 0) is 31.9 Å². The molecule has 2 heterocycles. The summed E-state index contributed by atoms with van der Waals surface area (Å²) in [5, 5.41) is 0. The van der Waals surface area contributed by atoms with Gasteiger partial charge in [0.1, 0.15) is 6.04 Å². The van der Waals surface area contributed by atoms with Crippen LogP contribution in [0.2, 0.25) is 0 Å². The van der Waals surface area contributed by atoms with E-state index < -0.39 is 28.7 Å². The van der Waals surface area contributed by atoms with Gasteiger partial charge in [0.15, 0.2) is 0 Å². The highest BCUT2D eigenvalue weighted by Gasteiger charge is 2.42. The first kappa shape index (κ1) is 17.8. The minimum atomic E-state index is -0.931. The fourth-order valence-electron chi connectivity index (χ4n) is 3.43. The second-order valence-electron chi connectivity index (χ2n) is 6.91. The summed E-state index contributed by atoms with van der Waals surface area (Å²) in [6.45, 7) is 6.29. The lowest BCUT2D eigenvalue weighted by atomic mass is 10.1. The zero-order valence-corrected chi connectivity index (χ0v) is 15.5. The molecule has 134 valence electrons. The molecule has 0 aromatic heterocycles. The maximum atomic E-state index is 12.9. The molecule has 0 aliphatic carbocycles. The summed E-state index contributed by atoms with van der Waals surface area (Å²) < 4.78 is 11.8. The number of fused-ring (bicyclic) bond motifs is 1. The number of hydrogen-bond acceptors (Lipinski definition) is 4. The summed E-state index contributed by atoms with van der Waals surface area (Å²) in [6, 6.07) is 4.24. The molecule has 3 amide bonds. The van der Waals surface area contributed by atoms with Crippen molar-refractivity contribution >= 4 is 28.5 Å². The molecule has 2 aliphatic rings. The minimum absolute atomic E-state index is 0.129. The summed E-state index contributed by atoms with van der Waals surface area (Å²) >= 11 is 0. The van der Waals surface area contributed by atoms with Gasteiger partial charge in [-0.1, -0.05) is 18.6 Å². The highest BCUT2D eigenvalue weighted by molar-refractivity contribution is 7.85. The Morgan fingerprint density at radius 3 is 2.64 bits per heavy atom. The normalized spacial score (nSPS) is 24.9. The Morgan fingerprint density at radius 2 is 1.92 bits per heavy atom. The average molecular weight is 362 g/mol. The van der Waals surface area contributed by atoms with Crippen molar-refractivity contribution in [2.45, 2.75) is 26.8 Å². The summed E-state index contributed by atoms with van der Waals surface area (Å²) in [5.74, 6) is 0.0266. The highest BCUT2D eigenvalue weighted by Crippen LogP contribution is 2.26. The van der Waals surface area contributed by atoms with Crippen molar-refractivity contribution < 1.29 is 18.6 Å². The first-order valence-corrected chi connectivity index (χ1v) is 9.90. The van der Waals surface area contributed by atoms with E-state index in [1.165, 1.54) is 0 Å². The van der Waals surface area contributed by atoms with Gasteiger partial charge in [0.25, 0.3) is 11.8 Å². The number of aryl methyl sites for hydroxylation is 1. The summed E-state index contributed by atoms with van der Waals surface area (Å²) in [4.78, 5) is 40.8. The molecule has 0 radical (unpaired) electrons. The van der Waals surface area contributed by atoms with Crippen LogP contribution in [0.3, 0.4) is 0 Å². The van der Waals surface area contributed by atoms with E-state index >= 15 is 0 Å². The van der Waals surface area contributed by atoms with Gasteiger partial charge in [0.2, 0.25) is 5.91 Å². The molecule has 1 fully saturated rings. The number of benzene rings is 1. The predicted octanol–water partition coefficient (Wildman–Crippen LogP) is 1.21. The van der Waals surface area contributed by atoms with Crippen molar-refractivity contribution in [3.8, 4) is 0 Å². The molecule has 6 nitrogen and oxygen atoms in total. The molecule has 3 atom stereocenters. The van der Waals surface area contributed by atoms with Crippen LogP contribution >= 0.6 is 0 Å². The van der Waals surface area contributed by atoms with Crippen LogP contribution in [-0.2, 0) is 15.6 Å². The molecule has 0 spiro atoms. The van der Waals surface area contributed by atoms with Gasteiger partial charge < -0.3 is 4.90 Å². The van der Waals surface area contributed by atoms with Crippen molar-refractivity contribution in [2.24, 2.45) is 5.92 Å². The lowest BCUT2D eigenvalue weighted by molar-refractivity contribution is -0.135. The van der Waals surface area contributed by atoms with Gasteiger partial charge in [-0.25, -0.2) is 0 Å². The van der Waals surface area contributed by atoms with Crippen molar-refractivity contribution in [3.63, 3.8) is 0 Å². The van der Waals surface area contributed by atoms with Gasteiger partial charge in [-0.15, -0.1) is 0 Å². The Balaban J connectivity index is 1.82. The van der Waals surface area contributed by atoms with Gasteiger partial charge in [-0.2, -0.15) is 0 Å². The van der Waals surface area contributed by atoms with Crippen LogP contribution in [0.5, 0.6) is 0 Å². The number of carbonyl (C=O) groups is 3. The van der Waals surface area contributed by atoms with E-state index in [-0.39, 0.29) is 11.8 Å². The molecule has 3 rings (SSSR count). The molecule has 0 bridgehead atoms. The van der Waals surface area contributed by atoms with Crippen LogP contribution in [0.25, 0.3) is 0 Å². The Kier molecular flexibility index (Phi) is 4.77.